The summed E-state index contributed by atoms with van der Waals surface area (Å²) in [5, 5.41) is 19.7. The van der Waals surface area contributed by atoms with E-state index in [1.165, 1.54) is 0 Å². The molecule has 2 heterocycles. The third-order valence-electron chi connectivity index (χ3n) is 15.2. The molecule has 11 heteroatoms. The van der Waals surface area contributed by atoms with Crippen LogP contribution >= 0.6 is 0 Å². The summed E-state index contributed by atoms with van der Waals surface area (Å²) in [4.78, 5) is 77.0. The molecule has 3 aliphatic carbocycles. The van der Waals surface area contributed by atoms with Gasteiger partial charge in [-0.05, 0) is 113 Å². The van der Waals surface area contributed by atoms with Crippen LogP contribution in [0, 0.1) is 57.7 Å². The molecule has 0 amide bonds. The van der Waals surface area contributed by atoms with E-state index in [9.17, 15) is 33.9 Å². The molecule has 320 valence electrons. The van der Waals surface area contributed by atoms with Crippen molar-refractivity contribution in [3.05, 3.63) is 12.2 Å². The zero-order valence-corrected chi connectivity index (χ0v) is 35.3. The SMILES string of the molecule is CCCCC/C=C/C(CC(CCCCCCCC(=O)O)C1CC(=O)OC1=O)OC(CC(C)C)C12CCC3C(C)(C(=O)O)CCCC3(C)C1CCC1C(=O)OC(=O)C12. The molecule has 3 saturated carbocycles. The largest absolute Gasteiger partial charge is 0.481 e. The van der Waals surface area contributed by atoms with Crippen molar-refractivity contribution in [3.63, 3.8) is 0 Å². The molecule has 11 unspecified atom stereocenters. The minimum Gasteiger partial charge on any atom is -0.481 e. The van der Waals surface area contributed by atoms with Crippen LogP contribution in [0.2, 0.25) is 0 Å². The van der Waals surface area contributed by atoms with Gasteiger partial charge in [-0.2, -0.15) is 0 Å². The van der Waals surface area contributed by atoms with Crippen LogP contribution in [0.15, 0.2) is 12.2 Å². The molecule has 0 aromatic heterocycles. The van der Waals surface area contributed by atoms with E-state index >= 15 is 0 Å². The summed E-state index contributed by atoms with van der Waals surface area (Å²) in [6.45, 7) is 10.6. The lowest BCUT2D eigenvalue weighted by Crippen LogP contribution is -2.66. The maximum atomic E-state index is 14.1. The number of carboxylic acids is 2. The Bertz CT molecular complexity index is 1500. The summed E-state index contributed by atoms with van der Waals surface area (Å²) < 4.78 is 18.1. The molecule has 11 atom stereocenters. The maximum Gasteiger partial charge on any atom is 0.318 e. The Kier molecular flexibility index (Phi) is 15.3. The van der Waals surface area contributed by atoms with Crippen molar-refractivity contribution in [1.82, 2.24) is 0 Å². The zero-order valence-electron chi connectivity index (χ0n) is 35.3. The van der Waals surface area contributed by atoms with Gasteiger partial charge in [0.2, 0.25) is 0 Å². The maximum absolute atomic E-state index is 14.1. The van der Waals surface area contributed by atoms with Gasteiger partial charge in [0.25, 0.3) is 0 Å². The second-order valence-electron chi connectivity index (χ2n) is 19.3. The molecule has 57 heavy (non-hydrogen) atoms. The van der Waals surface area contributed by atoms with Crippen molar-refractivity contribution >= 4 is 35.8 Å². The molecule has 2 N–H and O–H groups in total. The average Bonchev–Trinajstić information content (AvgIpc) is 3.64. The monoisotopic (exact) mass is 798 g/mol. The van der Waals surface area contributed by atoms with Crippen LogP contribution in [-0.2, 0) is 43.0 Å². The summed E-state index contributed by atoms with van der Waals surface area (Å²) in [5.74, 6) is -5.55. The number of aliphatic carboxylic acids is 2. The highest BCUT2D eigenvalue weighted by Crippen LogP contribution is 2.72. The number of hydrogen-bond donors (Lipinski definition) is 2. The van der Waals surface area contributed by atoms with Crippen molar-refractivity contribution < 1.29 is 53.2 Å². The second-order valence-corrected chi connectivity index (χ2v) is 19.3. The molecule has 5 rings (SSSR count). The number of esters is 4. The van der Waals surface area contributed by atoms with E-state index in [4.69, 9.17) is 19.3 Å². The number of carbonyl (C=O) groups is 6. The van der Waals surface area contributed by atoms with Gasteiger partial charge in [0.15, 0.2) is 0 Å². The van der Waals surface area contributed by atoms with E-state index < -0.39 is 82.0 Å². The first-order chi connectivity index (χ1) is 27.1. The molecule has 0 aromatic carbocycles. The number of unbranched alkanes of at least 4 members (excludes halogenated alkanes) is 7. The van der Waals surface area contributed by atoms with Gasteiger partial charge in [0.1, 0.15) is 0 Å². The number of hydrogen-bond acceptors (Lipinski definition) is 9. The molecule has 2 aliphatic heterocycles. The first-order valence-electron chi connectivity index (χ1n) is 22.4. The fraction of sp³-hybridized carbons (Fsp3) is 0.826. The summed E-state index contributed by atoms with van der Waals surface area (Å²) in [6, 6.07) is 0. The minimum absolute atomic E-state index is 0.0241. The van der Waals surface area contributed by atoms with Gasteiger partial charge >= 0.3 is 35.8 Å². The number of rotatable bonds is 22. The van der Waals surface area contributed by atoms with Crippen LogP contribution < -0.4 is 0 Å². The topological polar surface area (TPSA) is 171 Å². The summed E-state index contributed by atoms with van der Waals surface area (Å²) in [5.41, 5.74) is -2.05. The molecule has 0 aromatic rings. The molecule has 5 aliphatic rings. The lowest BCUT2D eigenvalue weighted by atomic mass is 9.37. The van der Waals surface area contributed by atoms with Crippen molar-refractivity contribution in [2.75, 3.05) is 0 Å². The summed E-state index contributed by atoms with van der Waals surface area (Å²) in [7, 11) is 0. The fourth-order valence-corrected chi connectivity index (χ4v) is 12.6. The predicted octanol–water partition coefficient (Wildman–Crippen LogP) is 9.24. The van der Waals surface area contributed by atoms with E-state index in [0.717, 1.165) is 64.2 Å². The van der Waals surface area contributed by atoms with Gasteiger partial charge in [-0.15, -0.1) is 0 Å². The Morgan fingerprint density at radius 3 is 2.25 bits per heavy atom. The Labute approximate surface area is 339 Å². The highest BCUT2D eigenvalue weighted by Gasteiger charge is 2.72. The van der Waals surface area contributed by atoms with Crippen LogP contribution in [0.5, 0.6) is 0 Å². The van der Waals surface area contributed by atoms with Gasteiger partial charge in [-0.25, -0.2) is 0 Å². The standard InChI is InChI=1S/C46H70O11/c1-6-7-8-10-14-18-31(27-30(33-28-38(49)56-41(33)51)17-13-11-9-12-15-19-37(47)48)55-36(26-29(2)3)46-25-22-34-44(4,23-16-24-45(34,5)43(53)54)35(46)21-20-32-39(46)42(52)57-40(32)50/h14,18,29-36,39H,6-13,15-17,19-28H2,1-5H3,(H,47,48)(H,53,54)/b18-14+. The van der Waals surface area contributed by atoms with Gasteiger partial charge in [0.05, 0.1) is 41.8 Å². The van der Waals surface area contributed by atoms with Gasteiger partial charge < -0.3 is 24.4 Å². The second kappa shape index (κ2) is 19.3. The van der Waals surface area contributed by atoms with Crippen molar-refractivity contribution in [2.24, 2.45) is 57.7 Å². The van der Waals surface area contributed by atoms with E-state index in [-0.39, 0.29) is 36.5 Å². The number of fused-ring (bicyclic) bond motifs is 5. The summed E-state index contributed by atoms with van der Waals surface area (Å²) >= 11 is 0. The molecule has 0 spiro atoms. The highest BCUT2D eigenvalue weighted by molar-refractivity contribution is 5.97. The summed E-state index contributed by atoms with van der Waals surface area (Å²) in [6.07, 6.45) is 18.0. The van der Waals surface area contributed by atoms with Crippen LogP contribution in [0.3, 0.4) is 0 Å². The number of carboxylic acid groups (broad SMARTS) is 2. The quantitative estimate of drug-likeness (QED) is 0.0463. The Hall–Kier alpha value is -3.08. The van der Waals surface area contributed by atoms with E-state index in [1.54, 1.807) is 0 Å². The van der Waals surface area contributed by atoms with Crippen LogP contribution in [0.1, 0.15) is 169 Å². The Morgan fingerprint density at radius 2 is 1.58 bits per heavy atom. The molecule has 0 bridgehead atoms. The average molecular weight is 799 g/mol. The molecule has 5 fully saturated rings. The van der Waals surface area contributed by atoms with Gasteiger partial charge in [-0.3, -0.25) is 28.8 Å². The zero-order chi connectivity index (χ0) is 41.5. The fourth-order valence-electron chi connectivity index (χ4n) is 12.6. The smallest absolute Gasteiger partial charge is 0.318 e. The molecule has 0 radical (unpaired) electrons. The molecule has 2 saturated heterocycles. The first-order valence-corrected chi connectivity index (χ1v) is 22.4. The Morgan fingerprint density at radius 1 is 0.842 bits per heavy atom. The third kappa shape index (κ3) is 9.70. The molecular weight excluding hydrogens is 728 g/mol. The number of carbonyl (C=O) groups excluding carboxylic acids is 4. The van der Waals surface area contributed by atoms with Crippen molar-refractivity contribution in [1.29, 1.82) is 0 Å². The number of ether oxygens (including phenoxy) is 3. The molecule has 11 nitrogen and oxygen atoms in total. The molecular formula is C46H70O11. The third-order valence-corrected chi connectivity index (χ3v) is 15.2. The number of cyclic esters (lactones) is 4. The Balaban J connectivity index is 1.52. The normalized spacial score (nSPS) is 34.0. The lowest BCUT2D eigenvalue weighted by Gasteiger charge is -2.67. The first kappa shape index (κ1) is 45.0. The van der Waals surface area contributed by atoms with Gasteiger partial charge in [0, 0.05) is 11.8 Å². The van der Waals surface area contributed by atoms with Crippen molar-refractivity contribution in [3.8, 4) is 0 Å². The van der Waals surface area contributed by atoms with Crippen molar-refractivity contribution in [2.45, 2.75) is 182 Å². The minimum atomic E-state index is -0.892. The van der Waals surface area contributed by atoms with Crippen LogP contribution in [-0.4, -0.2) is 58.2 Å². The highest BCUT2D eigenvalue weighted by atomic mass is 16.6. The van der Waals surface area contributed by atoms with Gasteiger partial charge in [-0.1, -0.05) is 84.8 Å². The van der Waals surface area contributed by atoms with E-state index in [1.807, 2.05) is 6.92 Å². The van der Waals surface area contributed by atoms with E-state index in [2.05, 4.69) is 39.8 Å². The lowest BCUT2D eigenvalue weighted by molar-refractivity contribution is -0.235. The number of allylic oxidation sites excluding steroid dienone is 1. The predicted molar refractivity (Wildman–Crippen MR) is 212 cm³/mol. The van der Waals surface area contributed by atoms with Crippen LogP contribution in [0.25, 0.3) is 0 Å². The van der Waals surface area contributed by atoms with E-state index in [0.29, 0.717) is 57.8 Å². The van der Waals surface area contributed by atoms with Crippen LogP contribution in [0.4, 0.5) is 0 Å².